The SMILES string of the molecule is O=[N+]([O-])c1cc(F)c(OCC2CCCNC2)c(Br)c1. The third-order valence-corrected chi connectivity index (χ3v) is 3.65. The summed E-state index contributed by atoms with van der Waals surface area (Å²) in [5, 5.41) is 13.8. The Hall–Kier alpha value is -1.21. The van der Waals surface area contributed by atoms with Crippen LogP contribution in [0.1, 0.15) is 12.8 Å². The molecule has 0 aromatic heterocycles. The minimum Gasteiger partial charge on any atom is -0.489 e. The van der Waals surface area contributed by atoms with E-state index in [-0.39, 0.29) is 15.9 Å². The number of hydrogen-bond acceptors (Lipinski definition) is 4. The van der Waals surface area contributed by atoms with Gasteiger partial charge in [0.05, 0.1) is 22.1 Å². The molecule has 19 heavy (non-hydrogen) atoms. The van der Waals surface area contributed by atoms with Crippen LogP contribution in [0.15, 0.2) is 16.6 Å². The van der Waals surface area contributed by atoms with Crippen molar-refractivity contribution in [2.45, 2.75) is 12.8 Å². The summed E-state index contributed by atoms with van der Waals surface area (Å²) >= 11 is 3.11. The number of ether oxygens (including phenoxy) is 1. The van der Waals surface area contributed by atoms with Gasteiger partial charge >= 0.3 is 0 Å². The van der Waals surface area contributed by atoms with E-state index in [9.17, 15) is 14.5 Å². The van der Waals surface area contributed by atoms with Crippen LogP contribution in [0.25, 0.3) is 0 Å². The van der Waals surface area contributed by atoms with Gasteiger partial charge in [0.15, 0.2) is 11.6 Å². The van der Waals surface area contributed by atoms with Gasteiger partial charge in [0.2, 0.25) is 0 Å². The highest BCUT2D eigenvalue weighted by Gasteiger charge is 2.19. The fraction of sp³-hybridized carbons (Fsp3) is 0.500. The summed E-state index contributed by atoms with van der Waals surface area (Å²) in [7, 11) is 0. The number of nitro benzene ring substituents is 1. The summed E-state index contributed by atoms with van der Waals surface area (Å²) in [6, 6.07) is 2.12. The largest absolute Gasteiger partial charge is 0.489 e. The standard InChI is InChI=1S/C12H14BrFN2O3/c13-10-4-9(16(17)18)5-11(14)12(10)19-7-8-2-1-3-15-6-8/h4-5,8,15H,1-3,6-7H2. The highest BCUT2D eigenvalue weighted by atomic mass is 79.9. The number of nitro groups is 1. The quantitative estimate of drug-likeness (QED) is 0.680. The highest BCUT2D eigenvalue weighted by Crippen LogP contribution is 2.33. The van der Waals surface area contributed by atoms with Gasteiger partial charge < -0.3 is 10.1 Å². The van der Waals surface area contributed by atoms with Crippen LogP contribution >= 0.6 is 15.9 Å². The van der Waals surface area contributed by atoms with Crippen molar-refractivity contribution >= 4 is 21.6 Å². The third-order valence-electron chi connectivity index (χ3n) is 3.06. The van der Waals surface area contributed by atoms with Gasteiger partial charge in [-0.05, 0) is 35.3 Å². The molecular weight excluding hydrogens is 319 g/mol. The molecule has 1 fully saturated rings. The van der Waals surface area contributed by atoms with E-state index >= 15 is 0 Å². The number of nitrogens with zero attached hydrogens (tertiary/aromatic N) is 1. The molecular formula is C12H14BrFN2O3. The van der Waals surface area contributed by atoms with Crippen LogP contribution in [0.4, 0.5) is 10.1 Å². The van der Waals surface area contributed by atoms with Crippen molar-refractivity contribution in [3.63, 3.8) is 0 Å². The van der Waals surface area contributed by atoms with E-state index in [1.54, 1.807) is 0 Å². The molecule has 1 aromatic rings. The first-order valence-electron chi connectivity index (χ1n) is 6.05. The van der Waals surface area contributed by atoms with Gasteiger partial charge in [0.1, 0.15) is 0 Å². The average Bonchev–Trinajstić information content (AvgIpc) is 2.38. The summed E-state index contributed by atoms with van der Waals surface area (Å²) in [6.07, 6.45) is 2.12. The van der Waals surface area contributed by atoms with E-state index < -0.39 is 10.7 Å². The normalized spacial score (nSPS) is 19.2. The smallest absolute Gasteiger partial charge is 0.273 e. The molecule has 0 bridgehead atoms. The Morgan fingerprint density at radius 3 is 2.95 bits per heavy atom. The van der Waals surface area contributed by atoms with E-state index in [0.29, 0.717) is 12.5 Å². The predicted molar refractivity (Wildman–Crippen MR) is 71.8 cm³/mol. The first-order valence-corrected chi connectivity index (χ1v) is 6.84. The van der Waals surface area contributed by atoms with Crippen LogP contribution in [-0.4, -0.2) is 24.6 Å². The number of halogens is 2. The van der Waals surface area contributed by atoms with Crippen LogP contribution < -0.4 is 10.1 Å². The molecule has 0 amide bonds. The molecule has 1 heterocycles. The fourth-order valence-corrected chi connectivity index (χ4v) is 2.60. The molecule has 2 rings (SSSR count). The van der Waals surface area contributed by atoms with E-state index in [2.05, 4.69) is 21.2 Å². The summed E-state index contributed by atoms with van der Waals surface area (Å²) < 4.78 is 19.5. The van der Waals surface area contributed by atoms with Crippen molar-refractivity contribution in [3.05, 3.63) is 32.5 Å². The summed E-state index contributed by atoms with van der Waals surface area (Å²) in [4.78, 5) is 9.95. The van der Waals surface area contributed by atoms with E-state index in [4.69, 9.17) is 4.74 Å². The maximum Gasteiger partial charge on any atom is 0.273 e. The van der Waals surface area contributed by atoms with E-state index in [1.807, 2.05) is 0 Å². The first-order chi connectivity index (χ1) is 9.08. The zero-order valence-corrected chi connectivity index (χ0v) is 11.8. The number of rotatable bonds is 4. The van der Waals surface area contributed by atoms with Crippen molar-refractivity contribution in [3.8, 4) is 5.75 Å². The summed E-state index contributed by atoms with van der Waals surface area (Å²) in [5.74, 6) is -0.337. The molecule has 1 aromatic carbocycles. The zero-order chi connectivity index (χ0) is 13.8. The Balaban J connectivity index is 2.05. The minimum atomic E-state index is -0.718. The van der Waals surface area contributed by atoms with E-state index in [0.717, 1.165) is 32.0 Å². The molecule has 1 aliphatic rings. The highest BCUT2D eigenvalue weighted by molar-refractivity contribution is 9.10. The Morgan fingerprint density at radius 1 is 1.58 bits per heavy atom. The molecule has 0 saturated carbocycles. The minimum absolute atomic E-state index is 0.0381. The van der Waals surface area contributed by atoms with Gasteiger partial charge in [-0.2, -0.15) is 0 Å². The molecule has 1 N–H and O–H groups in total. The van der Waals surface area contributed by atoms with Crippen molar-refractivity contribution in [1.29, 1.82) is 0 Å². The van der Waals surface area contributed by atoms with Crippen LogP contribution in [0.5, 0.6) is 5.75 Å². The van der Waals surface area contributed by atoms with Crippen LogP contribution in [0.3, 0.4) is 0 Å². The van der Waals surface area contributed by atoms with Gasteiger partial charge in [-0.1, -0.05) is 0 Å². The lowest BCUT2D eigenvalue weighted by molar-refractivity contribution is -0.385. The number of benzene rings is 1. The second-order valence-corrected chi connectivity index (χ2v) is 5.37. The Kier molecular flexibility index (Phi) is 4.71. The molecule has 7 heteroatoms. The lowest BCUT2D eigenvalue weighted by Gasteiger charge is -2.23. The second-order valence-electron chi connectivity index (χ2n) is 4.52. The zero-order valence-electron chi connectivity index (χ0n) is 10.2. The Bertz CT molecular complexity index is 455. The molecule has 1 saturated heterocycles. The van der Waals surface area contributed by atoms with Crippen molar-refractivity contribution in [1.82, 2.24) is 5.32 Å². The predicted octanol–water partition coefficient (Wildman–Crippen LogP) is 2.87. The molecule has 0 spiro atoms. The van der Waals surface area contributed by atoms with Gasteiger partial charge in [-0.15, -0.1) is 0 Å². The molecule has 0 aliphatic carbocycles. The van der Waals surface area contributed by atoms with Gasteiger partial charge in [0, 0.05) is 18.5 Å². The second kappa shape index (κ2) is 6.29. The van der Waals surface area contributed by atoms with Crippen molar-refractivity contribution in [2.24, 2.45) is 5.92 Å². The topological polar surface area (TPSA) is 64.4 Å². The molecule has 1 unspecified atom stereocenters. The van der Waals surface area contributed by atoms with Crippen LogP contribution in [0.2, 0.25) is 0 Å². The summed E-state index contributed by atoms with van der Waals surface area (Å²) in [5.41, 5.74) is -0.295. The molecule has 5 nitrogen and oxygen atoms in total. The molecule has 0 radical (unpaired) electrons. The van der Waals surface area contributed by atoms with Gasteiger partial charge in [0.25, 0.3) is 5.69 Å². The first kappa shape index (κ1) is 14.2. The number of nitrogens with one attached hydrogen (secondary N) is 1. The molecule has 1 aliphatic heterocycles. The van der Waals surface area contributed by atoms with Gasteiger partial charge in [-0.25, -0.2) is 4.39 Å². The lowest BCUT2D eigenvalue weighted by atomic mass is 10.0. The maximum absolute atomic E-state index is 13.8. The van der Waals surface area contributed by atoms with Gasteiger partial charge in [-0.3, -0.25) is 10.1 Å². The Morgan fingerprint density at radius 2 is 2.37 bits per heavy atom. The molecule has 104 valence electrons. The van der Waals surface area contributed by atoms with Crippen molar-refractivity contribution < 1.29 is 14.1 Å². The maximum atomic E-state index is 13.8. The van der Waals surface area contributed by atoms with E-state index in [1.165, 1.54) is 6.07 Å². The number of non-ortho nitro benzene ring substituents is 1. The summed E-state index contributed by atoms with van der Waals surface area (Å²) in [6.45, 7) is 2.26. The van der Waals surface area contributed by atoms with Crippen molar-refractivity contribution in [2.75, 3.05) is 19.7 Å². The Labute approximate surface area is 118 Å². The van der Waals surface area contributed by atoms with Crippen LogP contribution in [0, 0.1) is 21.8 Å². The number of piperidine rings is 1. The fourth-order valence-electron chi connectivity index (χ4n) is 2.06. The average molecular weight is 333 g/mol. The monoisotopic (exact) mass is 332 g/mol. The lowest BCUT2D eigenvalue weighted by Crippen LogP contribution is -2.33. The molecule has 1 atom stereocenters. The number of hydrogen-bond donors (Lipinski definition) is 1. The third kappa shape index (κ3) is 3.63. The van der Waals surface area contributed by atoms with Crippen LogP contribution in [-0.2, 0) is 0 Å².